The molecule has 0 unspecified atom stereocenters. The smallest absolute Gasteiger partial charge is 0.372 e. The normalized spacial score (nSPS) is 18.7. The Balaban J connectivity index is 2.06. The van der Waals surface area contributed by atoms with Gasteiger partial charge in [0.2, 0.25) is 0 Å². The monoisotopic (exact) mass is 253 g/mol. The number of alkyl halides is 3. The third-order valence-corrected chi connectivity index (χ3v) is 3.05. The largest absolute Gasteiger partial charge is 0.411 e. The van der Waals surface area contributed by atoms with E-state index in [1.807, 2.05) is 0 Å². The Bertz CT molecular complexity index is 224. The lowest BCUT2D eigenvalue weighted by Gasteiger charge is -2.17. The lowest BCUT2D eigenvalue weighted by molar-refractivity contribution is -0.174. The minimum atomic E-state index is -4.20. The average Bonchev–Trinajstić information content (AvgIpc) is 2.92. The van der Waals surface area contributed by atoms with E-state index in [0.29, 0.717) is 5.92 Å². The van der Waals surface area contributed by atoms with Gasteiger partial charge >= 0.3 is 6.18 Å². The van der Waals surface area contributed by atoms with E-state index in [0.717, 1.165) is 32.4 Å². The first-order valence-electron chi connectivity index (χ1n) is 6.18. The van der Waals surface area contributed by atoms with Crippen LogP contribution in [-0.2, 0) is 4.74 Å². The Morgan fingerprint density at radius 1 is 1.29 bits per heavy atom. The van der Waals surface area contributed by atoms with Crippen LogP contribution >= 0.6 is 0 Å². The molecular weight excluding hydrogens is 231 g/mol. The molecule has 1 saturated carbocycles. The van der Waals surface area contributed by atoms with Crippen LogP contribution in [0.2, 0.25) is 0 Å². The van der Waals surface area contributed by atoms with Crippen LogP contribution in [0.25, 0.3) is 0 Å². The van der Waals surface area contributed by atoms with Crippen molar-refractivity contribution in [1.29, 1.82) is 0 Å². The second kappa shape index (κ2) is 6.05. The van der Waals surface area contributed by atoms with E-state index < -0.39 is 12.8 Å². The zero-order valence-corrected chi connectivity index (χ0v) is 10.6. The SMILES string of the molecule is CC(C)CNCC1(CCOCC(F)(F)F)CC1. The number of nitrogens with one attached hydrogen (secondary N) is 1. The van der Waals surface area contributed by atoms with E-state index in [2.05, 4.69) is 23.9 Å². The quantitative estimate of drug-likeness (QED) is 0.671. The van der Waals surface area contributed by atoms with Crippen molar-refractivity contribution in [3.8, 4) is 0 Å². The van der Waals surface area contributed by atoms with Gasteiger partial charge in [0, 0.05) is 13.2 Å². The van der Waals surface area contributed by atoms with Gasteiger partial charge in [-0.15, -0.1) is 0 Å². The maximum absolute atomic E-state index is 11.8. The number of hydrogen-bond acceptors (Lipinski definition) is 2. The van der Waals surface area contributed by atoms with Crippen LogP contribution in [-0.4, -0.2) is 32.5 Å². The summed E-state index contributed by atoms with van der Waals surface area (Å²) in [6, 6.07) is 0. The molecule has 0 atom stereocenters. The molecule has 1 aliphatic carbocycles. The van der Waals surface area contributed by atoms with Crippen molar-refractivity contribution in [3.05, 3.63) is 0 Å². The van der Waals surface area contributed by atoms with Gasteiger partial charge in [-0.3, -0.25) is 0 Å². The fourth-order valence-corrected chi connectivity index (χ4v) is 1.79. The molecule has 1 aliphatic rings. The van der Waals surface area contributed by atoms with Crippen molar-refractivity contribution in [2.45, 2.75) is 39.3 Å². The fraction of sp³-hybridized carbons (Fsp3) is 1.00. The lowest BCUT2D eigenvalue weighted by Crippen LogP contribution is -2.28. The van der Waals surface area contributed by atoms with Crippen molar-refractivity contribution in [2.75, 3.05) is 26.3 Å². The predicted molar refractivity (Wildman–Crippen MR) is 60.9 cm³/mol. The molecule has 0 heterocycles. The molecule has 5 heteroatoms. The Morgan fingerprint density at radius 2 is 1.94 bits per heavy atom. The Kier molecular flexibility index (Phi) is 5.25. The summed E-state index contributed by atoms with van der Waals surface area (Å²) in [5, 5.41) is 3.37. The van der Waals surface area contributed by atoms with Gasteiger partial charge in [-0.2, -0.15) is 13.2 Å². The summed E-state index contributed by atoms with van der Waals surface area (Å²) >= 11 is 0. The molecule has 0 bridgehead atoms. The summed E-state index contributed by atoms with van der Waals surface area (Å²) in [7, 11) is 0. The Hall–Kier alpha value is -0.290. The maximum Gasteiger partial charge on any atom is 0.411 e. The molecule has 0 spiro atoms. The molecule has 0 aromatic rings. The Morgan fingerprint density at radius 3 is 2.41 bits per heavy atom. The molecule has 17 heavy (non-hydrogen) atoms. The first-order chi connectivity index (χ1) is 7.83. The van der Waals surface area contributed by atoms with Gasteiger partial charge in [0.25, 0.3) is 0 Å². The van der Waals surface area contributed by atoms with E-state index >= 15 is 0 Å². The topological polar surface area (TPSA) is 21.3 Å². The molecule has 0 aromatic heterocycles. The first-order valence-corrected chi connectivity index (χ1v) is 6.18. The van der Waals surface area contributed by atoms with Gasteiger partial charge in [0.15, 0.2) is 0 Å². The third-order valence-electron chi connectivity index (χ3n) is 3.05. The molecule has 2 nitrogen and oxygen atoms in total. The second-order valence-electron chi connectivity index (χ2n) is 5.44. The zero-order chi connectivity index (χ0) is 12.9. The van der Waals surface area contributed by atoms with Crippen molar-refractivity contribution in [1.82, 2.24) is 5.32 Å². The highest BCUT2D eigenvalue weighted by molar-refractivity contribution is 4.94. The van der Waals surface area contributed by atoms with Crippen molar-refractivity contribution < 1.29 is 17.9 Å². The van der Waals surface area contributed by atoms with Crippen LogP contribution in [0.1, 0.15) is 33.1 Å². The van der Waals surface area contributed by atoms with E-state index in [-0.39, 0.29) is 12.0 Å². The predicted octanol–water partition coefficient (Wildman–Crippen LogP) is 2.98. The number of halogens is 3. The van der Waals surface area contributed by atoms with Gasteiger partial charge < -0.3 is 10.1 Å². The fourth-order valence-electron chi connectivity index (χ4n) is 1.79. The summed E-state index contributed by atoms with van der Waals surface area (Å²) in [6.07, 6.45) is -1.26. The van der Waals surface area contributed by atoms with E-state index in [1.165, 1.54) is 0 Å². The summed E-state index contributed by atoms with van der Waals surface area (Å²) in [5.74, 6) is 0.604. The highest BCUT2D eigenvalue weighted by Crippen LogP contribution is 2.48. The van der Waals surface area contributed by atoms with Crippen LogP contribution in [0.15, 0.2) is 0 Å². The van der Waals surface area contributed by atoms with Crippen molar-refractivity contribution in [2.24, 2.45) is 11.3 Å². The third kappa shape index (κ3) is 6.88. The van der Waals surface area contributed by atoms with Gasteiger partial charge in [-0.25, -0.2) is 0 Å². The van der Waals surface area contributed by atoms with Crippen LogP contribution < -0.4 is 5.32 Å². The van der Waals surface area contributed by atoms with Crippen LogP contribution in [0.4, 0.5) is 13.2 Å². The summed E-state index contributed by atoms with van der Waals surface area (Å²) in [4.78, 5) is 0. The van der Waals surface area contributed by atoms with Gasteiger partial charge in [-0.05, 0) is 37.1 Å². The van der Waals surface area contributed by atoms with Gasteiger partial charge in [0.1, 0.15) is 6.61 Å². The molecule has 1 rings (SSSR count). The zero-order valence-electron chi connectivity index (χ0n) is 10.6. The van der Waals surface area contributed by atoms with Crippen LogP contribution in [0, 0.1) is 11.3 Å². The molecule has 0 saturated heterocycles. The van der Waals surface area contributed by atoms with E-state index in [1.54, 1.807) is 0 Å². The van der Waals surface area contributed by atoms with Crippen LogP contribution in [0.3, 0.4) is 0 Å². The van der Waals surface area contributed by atoms with Gasteiger partial charge in [0.05, 0.1) is 0 Å². The Labute approximate surface area is 101 Å². The summed E-state index contributed by atoms with van der Waals surface area (Å²) in [5.41, 5.74) is 0.209. The lowest BCUT2D eigenvalue weighted by atomic mass is 10.0. The standard InChI is InChI=1S/C12H22F3NO/c1-10(2)7-16-8-11(3-4-11)5-6-17-9-12(13,14)15/h10,16H,3-9H2,1-2H3. The van der Waals surface area contributed by atoms with Crippen molar-refractivity contribution in [3.63, 3.8) is 0 Å². The molecular formula is C12H22F3NO. The molecule has 0 radical (unpaired) electrons. The number of rotatable bonds is 8. The van der Waals surface area contributed by atoms with E-state index in [4.69, 9.17) is 0 Å². The van der Waals surface area contributed by atoms with E-state index in [9.17, 15) is 13.2 Å². The highest BCUT2D eigenvalue weighted by Gasteiger charge is 2.41. The molecule has 1 N–H and O–H groups in total. The summed E-state index contributed by atoms with van der Waals surface area (Å²) < 4.78 is 40.2. The second-order valence-corrected chi connectivity index (χ2v) is 5.44. The van der Waals surface area contributed by atoms with Crippen LogP contribution in [0.5, 0.6) is 0 Å². The number of ether oxygens (including phenoxy) is 1. The molecule has 0 aromatic carbocycles. The highest BCUT2D eigenvalue weighted by atomic mass is 19.4. The molecule has 1 fully saturated rings. The molecule has 102 valence electrons. The maximum atomic E-state index is 11.8. The summed E-state index contributed by atoms with van der Waals surface area (Å²) in [6.45, 7) is 5.23. The minimum Gasteiger partial charge on any atom is -0.372 e. The van der Waals surface area contributed by atoms with Gasteiger partial charge in [-0.1, -0.05) is 13.8 Å². The molecule has 0 aliphatic heterocycles. The molecule has 0 amide bonds. The first kappa shape index (κ1) is 14.8. The van der Waals surface area contributed by atoms with Crippen molar-refractivity contribution >= 4 is 0 Å². The average molecular weight is 253 g/mol. The number of hydrogen-bond donors (Lipinski definition) is 1. The minimum absolute atomic E-state index is 0.209.